The summed E-state index contributed by atoms with van der Waals surface area (Å²) in [4.78, 5) is 21.5. The highest BCUT2D eigenvalue weighted by atomic mass is 35.5. The molecule has 2 aromatic carbocycles. The fourth-order valence-electron chi connectivity index (χ4n) is 3.94. The molecule has 2 heterocycles. The Morgan fingerprint density at radius 3 is 2.51 bits per heavy atom. The summed E-state index contributed by atoms with van der Waals surface area (Å²) in [6.45, 7) is 5.64. The van der Waals surface area contributed by atoms with Crippen LogP contribution >= 0.6 is 11.6 Å². The fraction of sp³-hybridized carbons (Fsp3) is 0.333. The van der Waals surface area contributed by atoms with Crippen molar-refractivity contribution in [3.8, 4) is 16.9 Å². The monoisotopic (exact) mass is 496 g/mol. The SMILES string of the molecule is CN1CCN(CCOc2cc(F)cc(CNC(=O)Cc3ccc(-c4ccc(Cl)cc4)cn3)c2)CC1. The Bertz CT molecular complexity index is 1120. The number of nitrogens with one attached hydrogen (secondary N) is 1. The molecule has 1 amide bonds. The molecule has 1 aromatic heterocycles. The summed E-state index contributed by atoms with van der Waals surface area (Å²) in [6.07, 6.45) is 1.88. The van der Waals surface area contributed by atoms with E-state index in [0.717, 1.165) is 43.9 Å². The van der Waals surface area contributed by atoms with Crippen LogP contribution in [0.4, 0.5) is 4.39 Å². The average molecular weight is 497 g/mol. The summed E-state index contributed by atoms with van der Waals surface area (Å²) in [5, 5.41) is 3.52. The lowest BCUT2D eigenvalue weighted by Crippen LogP contribution is -2.45. The van der Waals surface area contributed by atoms with E-state index in [2.05, 4.69) is 27.1 Å². The lowest BCUT2D eigenvalue weighted by Gasteiger charge is -2.32. The van der Waals surface area contributed by atoms with E-state index in [-0.39, 0.29) is 24.7 Å². The largest absolute Gasteiger partial charge is 0.492 e. The van der Waals surface area contributed by atoms with E-state index in [1.54, 1.807) is 12.3 Å². The number of nitrogens with zero attached hydrogens (tertiary/aromatic N) is 3. The van der Waals surface area contributed by atoms with Crippen LogP contribution in [0.2, 0.25) is 5.02 Å². The average Bonchev–Trinajstić information content (AvgIpc) is 2.85. The predicted octanol–water partition coefficient (Wildman–Crippen LogP) is 4.03. The van der Waals surface area contributed by atoms with Gasteiger partial charge >= 0.3 is 0 Å². The summed E-state index contributed by atoms with van der Waals surface area (Å²) < 4.78 is 19.9. The van der Waals surface area contributed by atoms with E-state index in [0.29, 0.717) is 28.6 Å². The van der Waals surface area contributed by atoms with E-state index in [9.17, 15) is 9.18 Å². The number of amides is 1. The minimum atomic E-state index is -0.384. The van der Waals surface area contributed by atoms with Crippen molar-refractivity contribution >= 4 is 17.5 Å². The highest BCUT2D eigenvalue weighted by Crippen LogP contribution is 2.21. The summed E-state index contributed by atoms with van der Waals surface area (Å²) in [7, 11) is 2.12. The number of hydrogen-bond acceptors (Lipinski definition) is 5. The molecule has 6 nitrogen and oxygen atoms in total. The molecular formula is C27H30ClFN4O2. The van der Waals surface area contributed by atoms with Gasteiger partial charge in [0.2, 0.25) is 5.91 Å². The van der Waals surface area contributed by atoms with Gasteiger partial charge < -0.3 is 15.0 Å². The van der Waals surface area contributed by atoms with E-state index in [1.165, 1.54) is 12.1 Å². The van der Waals surface area contributed by atoms with Gasteiger partial charge in [-0.2, -0.15) is 0 Å². The van der Waals surface area contributed by atoms with Gasteiger partial charge in [0.25, 0.3) is 0 Å². The zero-order valence-corrected chi connectivity index (χ0v) is 20.6. The smallest absolute Gasteiger partial charge is 0.226 e. The van der Waals surface area contributed by atoms with Crippen LogP contribution in [0.5, 0.6) is 5.75 Å². The number of halogens is 2. The lowest BCUT2D eigenvalue weighted by atomic mass is 10.1. The van der Waals surface area contributed by atoms with Crippen LogP contribution in [-0.4, -0.2) is 67.1 Å². The van der Waals surface area contributed by atoms with Gasteiger partial charge in [0, 0.05) is 67.8 Å². The highest BCUT2D eigenvalue weighted by Gasteiger charge is 2.13. The number of pyridine rings is 1. The normalized spacial score (nSPS) is 14.6. The van der Waals surface area contributed by atoms with Crippen LogP contribution in [-0.2, 0) is 17.8 Å². The molecule has 0 bridgehead atoms. The molecule has 3 aromatic rings. The number of carbonyl (C=O) groups is 1. The van der Waals surface area contributed by atoms with E-state index in [4.69, 9.17) is 16.3 Å². The quantitative estimate of drug-likeness (QED) is 0.485. The topological polar surface area (TPSA) is 57.7 Å². The molecule has 1 aliphatic heterocycles. The van der Waals surface area contributed by atoms with E-state index in [1.807, 2.05) is 36.4 Å². The summed E-state index contributed by atoms with van der Waals surface area (Å²) >= 11 is 5.94. The van der Waals surface area contributed by atoms with Crippen LogP contribution < -0.4 is 10.1 Å². The Labute approximate surface area is 210 Å². The summed E-state index contributed by atoms with van der Waals surface area (Å²) in [6, 6.07) is 15.8. The predicted molar refractivity (Wildman–Crippen MR) is 136 cm³/mol. The van der Waals surface area contributed by atoms with Crippen molar-refractivity contribution in [1.29, 1.82) is 0 Å². The maximum absolute atomic E-state index is 14.1. The lowest BCUT2D eigenvalue weighted by molar-refractivity contribution is -0.120. The Hall–Kier alpha value is -3.00. The van der Waals surface area contributed by atoms with Crippen molar-refractivity contribution in [2.75, 3.05) is 46.4 Å². The molecular weight excluding hydrogens is 467 g/mol. The molecule has 0 saturated carbocycles. The molecule has 1 aliphatic rings. The van der Waals surface area contributed by atoms with Gasteiger partial charge in [0.1, 0.15) is 18.2 Å². The van der Waals surface area contributed by atoms with Crippen molar-refractivity contribution in [3.63, 3.8) is 0 Å². The zero-order chi connectivity index (χ0) is 24.6. The molecule has 1 saturated heterocycles. The number of hydrogen-bond donors (Lipinski definition) is 1. The number of likely N-dealkylation sites (N-methyl/N-ethyl adjacent to an activating group) is 1. The maximum Gasteiger partial charge on any atom is 0.226 e. The second-order valence-corrected chi connectivity index (χ2v) is 9.22. The van der Waals surface area contributed by atoms with Crippen molar-refractivity contribution in [1.82, 2.24) is 20.1 Å². The van der Waals surface area contributed by atoms with Gasteiger partial charge in [-0.05, 0) is 48.5 Å². The molecule has 35 heavy (non-hydrogen) atoms. The van der Waals surface area contributed by atoms with Crippen LogP contribution in [0.3, 0.4) is 0 Å². The van der Waals surface area contributed by atoms with Crippen LogP contribution in [0, 0.1) is 5.82 Å². The molecule has 0 unspecified atom stereocenters. The van der Waals surface area contributed by atoms with E-state index >= 15 is 0 Å². The summed E-state index contributed by atoms with van der Waals surface area (Å²) in [5.41, 5.74) is 3.27. The number of piperazine rings is 1. The van der Waals surface area contributed by atoms with Crippen molar-refractivity contribution in [2.24, 2.45) is 0 Å². The molecule has 4 rings (SSSR count). The first-order chi connectivity index (χ1) is 16.9. The number of carbonyl (C=O) groups excluding carboxylic acids is 1. The third-order valence-electron chi connectivity index (χ3n) is 6.04. The number of benzene rings is 2. The molecule has 1 N–H and O–H groups in total. The molecule has 184 valence electrons. The Morgan fingerprint density at radius 2 is 1.80 bits per heavy atom. The molecule has 8 heteroatoms. The first-order valence-electron chi connectivity index (χ1n) is 11.8. The third kappa shape index (κ3) is 7.75. The van der Waals surface area contributed by atoms with Gasteiger partial charge in [-0.15, -0.1) is 0 Å². The minimum Gasteiger partial charge on any atom is -0.492 e. The van der Waals surface area contributed by atoms with Gasteiger partial charge in [-0.1, -0.05) is 29.8 Å². The second-order valence-electron chi connectivity index (χ2n) is 8.79. The van der Waals surface area contributed by atoms with Crippen LogP contribution in [0.1, 0.15) is 11.3 Å². The number of aromatic nitrogens is 1. The Kier molecular flexibility index (Phi) is 8.69. The second kappa shape index (κ2) is 12.1. The first kappa shape index (κ1) is 25.1. The molecule has 0 aliphatic carbocycles. The minimum absolute atomic E-state index is 0.143. The Balaban J connectivity index is 1.24. The first-order valence-corrected chi connectivity index (χ1v) is 12.1. The zero-order valence-electron chi connectivity index (χ0n) is 19.8. The van der Waals surface area contributed by atoms with Gasteiger partial charge in [-0.3, -0.25) is 14.7 Å². The van der Waals surface area contributed by atoms with Gasteiger partial charge in [0.05, 0.1) is 6.42 Å². The van der Waals surface area contributed by atoms with Crippen molar-refractivity contribution in [3.05, 3.63) is 82.9 Å². The van der Waals surface area contributed by atoms with Gasteiger partial charge in [0.15, 0.2) is 0 Å². The summed E-state index contributed by atoms with van der Waals surface area (Å²) in [5.74, 6) is -0.0906. The third-order valence-corrected chi connectivity index (χ3v) is 6.29. The Morgan fingerprint density at radius 1 is 1.06 bits per heavy atom. The molecule has 1 fully saturated rings. The van der Waals surface area contributed by atoms with Crippen LogP contribution in [0.15, 0.2) is 60.8 Å². The standard InChI is InChI=1S/C27H30ClFN4O2/c1-32-8-10-33(11-9-32)12-13-35-26-15-20(14-24(29)16-26)18-31-27(34)17-25-7-4-22(19-30-25)21-2-5-23(28)6-3-21/h2-7,14-16,19H,8-13,17-18H2,1H3,(H,31,34). The van der Waals surface area contributed by atoms with Crippen LogP contribution in [0.25, 0.3) is 11.1 Å². The number of rotatable bonds is 9. The fourth-order valence-corrected chi connectivity index (χ4v) is 4.07. The number of ether oxygens (including phenoxy) is 1. The molecule has 0 spiro atoms. The highest BCUT2D eigenvalue weighted by molar-refractivity contribution is 6.30. The maximum atomic E-state index is 14.1. The van der Waals surface area contributed by atoms with Crippen molar-refractivity contribution in [2.45, 2.75) is 13.0 Å². The van der Waals surface area contributed by atoms with Gasteiger partial charge in [-0.25, -0.2) is 4.39 Å². The molecule has 0 radical (unpaired) electrons. The van der Waals surface area contributed by atoms with E-state index < -0.39 is 0 Å². The van der Waals surface area contributed by atoms with Crippen molar-refractivity contribution < 1.29 is 13.9 Å². The molecule has 0 atom stereocenters.